The molecule has 4 rings (SSSR count). The molecule has 2 aliphatic rings. The molecule has 1 heterocycles. The number of nitrogens with one attached hydrogen (secondary N) is 2. The first-order valence-corrected chi connectivity index (χ1v) is 12.6. The first kappa shape index (κ1) is 24.8. The van der Waals surface area contributed by atoms with Gasteiger partial charge in [-0.05, 0) is 56.4 Å². The van der Waals surface area contributed by atoms with Crippen molar-refractivity contribution in [2.75, 3.05) is 20.2 Å². The summed E-state index contributed by atoms with van der Waals surface area (Å²) in [5.74, 6) is 0.0293. The van der Waals surface area contributed by atoms with E-state index in [1.165, 1.54) is 0 Å². The lowest BCUT2D eigenvalue weighted by Crippen LogP contribution is -2.55. The van der Waals surface area contributed by atoms with E-state index < -0.39 is 0 Å². The van der Waals surface area contributed by atoms with Gasteiger partial charge in [-0.15, -0.1) is 0 Å². The number of carbonyl (C=O) groups is 3. The summed E-state index contributed by atoms with van der Waals surface area (Å²) >= 11 is 0. The van der Waals surface area contributed by atoms with Gasteiger partial charge >= 0.3 is 0 Å². The minimum atomic E-state index is -0.267. The van der Waals surface area contributed by atoms with Crippen molar-refractivity contribution in [3.63, 3.8) is 0 Å². The van der Waals surface area contributed by atoms with E-state index >= 15 is 0 Å². The van der Waals surface area contributed by atoms with E-state index in [-0.39, 0.29) is 35.7 Å². The first-order chi connectivity index (χ1) is 17.0. The van der Waals surface area contributed by atoms with Gasteiger partial charge in [0.25, 0.3) is 11.8 Å². The summed E-state index contributed by atoms with van der Waals surface area (Å²) < 4.78 is 5.35. The summed E-state index contributed by atoms with van der Waals surface area (Å²) in [7, 11) is 1.55. The highest BCUT2D eigenvalue weighted by molar-refractivity contribution is 5.97. The fourth-order valence-electron chi connectivity index (χ4n) is 5.22. The molecular formula is C28H35N3O4. The standard InChI is InChI=1S/C28H35N3O4/c1-19-10-3-4-12-21(19)27(33)30-24-15-7-6-14-23(24)29-26(32)20-11-9-17-31(18-20)28(34)22-13-5-8-16-25(22)35-2/h3-5,8,10,12-13,16,20,23-24H,6-7,9,11,14-15,17-18H2,1-2H3,(H,29,32)(H,30,33)/t20?,23?,24-/m1/s1. The molecule has 3 amide bonds. The topological polar surface area (TPSA) is 87.7 Å². The number of rotatable bonds is 6. The van der Waals surface area contributed by atoms with Gasteiger partial charge < -0.3 is 20.3 Å². The molecule has 186 valence electrons. The highest BCUT2D eigenvalue weighted by Gasteiger charge is 2.34. The largest absolute Gasteiger partial charge is 0.496 e. The highest BCUT2D eigenvalue weighted by Crippen LogP contribution is 2.25. The molecule has 7 nitrogen and oxygen atoms in total. The van der Waals surface area contributed by atoms with Crippen LogP contribution in [0.5, 0.6) is 5.75 Å². The molecule has 1 aliphatic heterocycles. The van der Waals surface area contributed by atoms with Gasteiger partial charge in [0.2, 0.25) is 5.91 Å². The fraction of sp³-hybridized carbons (Fsp3) is 0.464. The van der Waals surface area contributed by atoms with Crippen molar-refractivity contribution in [2.45, 2.75) is 57.5 Å². The third kappa shape index (κ3) is 5.84. The van der Waals surface area contributed by atoms with Crippen molar-refractivity contribution in [2.24, 2.45) is 5.92 Å². The summed E-state index contributed by atoms with van der Waals surface area (Å²) in [5, 5.41) is 6.38. The van der Waals surface area contributed by atoms with Crippen LogP contribution in [0.25, 0.3) is 0 Å². The van der Waals surface area contributed by atoms with Crippen LogP contribution in [-0.4, -0.2) is 54.9 Å². The number of hydrogen-bond acceptors (Lipinski definition) is 4. The summed E-state index contributed by atoms with van der Waals surface area (Å²) in [6, 6.07) is 14.5. The number of para-hydroxylation sites is 1. The number of benzene rings is 2. The molecule has 2 aromatic carbocycles. The van der Waals surface area contributed by atoms with Gasteiger partial charge in [-0.2, -0.15) is 0 Å². The number of hydrogen-bond donors (Lipinski definition) is 2. The zero-order valence-electron chi connectivity index (χ0n) is 20.6. The quantitative estimate of drug-likeness (QED) is 0.664. The van der Waals surface area contributed by atoms with Gasteiger partial charge in [0.1, 0.15) is 5.75 Å². The summed E-state index contributed by atoms with van der Waals surface area (Å²) in [6.45, 7) is 2.94. The van der Waals surface area contributed by atoms with Crippen molar-refractivity contribution in [3.05, 3.63) is 65.2 Å². The molecule has 0 aromatic heterocycles. The molecule has 2 unspecified atom stereocenters. The third-order valence-corrected chi connectivity index (χ3v) is 7.22. The molecule has 0 spiro atoms. The lowest BCUT2D eigenvalue weighted by atomic mass is 9.88. The number of likely N-dealkylation sites (tertiary alicyclic amines) is 1. The van der Waals surface area contributed by atoms with Crippen molar-refractivity contribution in [1.29, 1.82) is 0 Å². The third-order valence-electron chi connectivity index (χ3n) is 7.22. The second-order valence-corrected chi connectivity index (χ2v) is 9.59. The lowest BCUT2D eigenvalue weighted by Gasteiger charge is -2.36. The van der Waals surface area contributed by atoms with Crippen LogP contribution in [0.3, 0.4) is 0 Å². The molecule has 1 aliphatic carbocycles. The first-order valence-electron chi connectivity index (χ1n) is 12.6. The number of methoxy groups -OCH3 is 1. The molecule has 2 N–H and O–H groups in total. The van der Waals surface area contributed by atoms with Gasteiger partial charge in [0.05, 0.1) is 18.6 Å². The van der Waals surface area contributed by atoms with E-state index in [4.69, 9.17) is 4.74 Å². The second-order valence-electron chi connectivity index (χ2n) is 9.59. The number of ether oxygens (including phenoxy) is 1. The Labute approximate surface area is 207 Å². The Morgan fingerprint density at radius 2 is 1.51 bits per heavy atom. The van der Waals surface area contributed by atoms with Crippen LogP contribution in [0.1, 0.15) is 64.8 Å². The molecule has 2 fully saturated rings. The predicted octanol–water partition coefficient (Wildman–Crippen LogP) is 3.71. The fourth-order valence-corrected chi connectivity index (χ4v) is 5.22. The Balaban J connectivity index is 1.39. The predicted molar refractivity (Wildman–Crippen MR) is 134 cm³/mol. The minimum Gasteiger partial charge on any atom is -0.496 e. The number of nitrogens with zero attached hydrogens (tertiary/aromatic N) is 1. The van der Waals surface area contributed by atoms with E-state index in [1.54, 1.807) is 24.1 Å². The number of amides is 3. The molecule has 2 aromatic rings. The van der Waals surface area contributed by atoms with Crippen LogP contribution in [0.2, 0.25) is 0 Å². The highest BCUT2D eigenvalue weighted by atomic mass is 16.5. The number of piperidine rings is 1. The number of carbonyl (C=O) groups excluding carboxylic acids is 3. The minimum absolute atomic E-state index is 0.0374. The van der Waals surface area contributed by atoms with Crippen LogP contribution >= 0.6 is 0 Å². The molecule has 35 heavy (non-hydrogen) atoms. The van der Waals surface area contributed by atoms with E-state index in [1.807, 2.05) is 43.3 Å². The van der Waals surface area contributed by atoms with Crippen LogP contribution < -0.4 is 15.4 Å². The normalized spacial score (nSPS) is 22.2. The van der Waals surface area contributed by atoms with Crippen LogP contribution in [0, 0.1) is 12.8 Å². The van der Waals surface area contributed by atoms with E-state index in [2.05, 4.69) is 10.6 Å². The van der Waals surface area contributed by atoms with Crippen molar-refractivity contribution in [3.8, 4) is 5.75 Å². The van der Waals surface area contributed by atoms with Crippen LogP contribution in [0.4, 0.5) is 0 Å². The van der Waals surface area contributed by atoms with Crippen molar-refractivity contribution in [1.82, 2.24) is 15.5 Å². The van der Waals surface area contributed by atoms with Gasteiger partial charge in [-0.1, -0.05) is 43.2 Å². The Kier molecular flexibility index (Phi) is 8.06. The molecule has 0 radical (unpaired) electrons. The maximum absolute atomic E-state index is 13.3. The summed E-state index contributed by atoms with van der Waals surface area (Å²) in [6.07, 6.45) is 5.23. The Hall–Kier alpha value is -3.35. The van der Waals surface area contributed by atoms with E-state index in [9.17, 15) is 14.4 Å². The van der Waals surface area contributed by atoms with Gasteiger partial charge in [0, 0.05) is 30.7 Å². The average molecular weight is 478 g/mol. The molecule has 1 saturated carbocycles. The van der Waals surface area contributed by atoms with Gasteiger partial charge in [0.15, 0.2) is 0 Å². The van der Waals surface area contributed by atoms with Crippen molar-refractivity contribution >= 4 is 17.7 Å². The Bertz CT molecular complexity index is 1070. The van der Waals surface area contributed by atoms with Gasteiger partial charge in [-0.3, -0.25) is 14.4 Å². The zero-order chi connectivity index (χ0) is 24.8. The second kappa shape index (κ2) is 11.4. The van der Waals surface area contributed by atoms with Crippen LogP contribution in [-0.2, 0) is 4.79 Å². The molecule has 3 atom stereocenters. The van der Waals surface area contributed by atoms with Gasteiger partial charge in [-0.25, -0.2) is 0 Å². The Morgan fingerprint density at radius 3 is 2.23 bits per heavy atom. The number of aryl methyl sites for hydroxylation is 1. The van der Waals surface area contributed by atoms with Crippen LogP contribution in [0.15, 0.2) is 48.5 Å². The van der Waals surface area contributed by atoms with Crippen molar-refractivity contribution < 1.29 is 19.1 Å². The summed E-state index contributed by atoms with van der Waals surface area (Å²) in [5.41, 5.74) is 2.12. The zero-order valence-corrected chi connectivity index (χ0v) is 20.6. The SMILES string of the molecule is COc1ccccc1C(=O)N1CCCC(C(=O)NC2CCCC[C@H]2NC(=O)c2ccccc2C)C1. The smallest absolute Gasteiger partial charge is 0.257 e. The molecule has 1 saturated heterocycles. The molecule has 7 heteroatoms. The monoisotopic (exact) mass is 477 g/mol. The van der Waals surface area contributed by atoms with E-state index in [0.29, 0.717) is 30.0 Å². The maximum Gasteiger partial charge on any atom is 0.257 e. The average Bonchev–Trinajstić information content (AvgIpc) is 2.89. The molecule has 0 bridgehead atoms. The molecular weight excluding hydrogens is 442 g/mol. The lowest BCUT2D eigenvalue weighted by molar-refractivity contribution is -0.127. The maximum atomic E-state index is 13.3. The summed E-state index contributed by atoms with van der Waals surface area (Å²) in [4.78, 5) is 41.1. The Morgan fingerprint density at radius 1 is 0.857 bits per heavy atom. The van der Waals surface area contributed by atoms with E-state index in [0.717, 1.165) is 44.1 Å².